The van der Waals surface area contributed by atoms with Gasteiger partial charge in [0.2, 0.25) is 5.91 Å². The Morgan fingerprint density at radius 2 is 1.69 bits per heavy atom. The standard InChI is InChI=1S/C23H23N3O3/c27-20(25-14-6-10-17-8-2-4-12-19(17)25)15-26-21(28)23(24-22(26)29)13-5-9-16-7-1-3-11-18(16)23/h1-4,7-8,11-12H,5-6,9-10,13-15H2,(H,24,29)/t23-/m0/s1. The topological polar surface area (TPSA) is 69.7 Å². The van der Waals surface area contributed by atoms with Gasteiger partial charge in [-0.05, 0) is 54.9 Å². The lowest BCUT2D eigenvalue weighted by Crippen LogP contribution is -2.48. The molecular formula is C23H23N3O3. The van der Waals surface area contributed by atoms with Crippen LogP contribution >= 0.6 is 0 Å². The summed E-state index contributed by atoms with van der Waals surface area (Å²) < 4.78 is 0. The highest BCUT2D eigenvalue weighted by molar-refractivity contribution is 6.11. The second-order valence-corrected chi connectivity index (χ2v) is 8.02. The molecule has 1 N–H and O–H groups in total. The Labute approximate surface area is 169 Å². The van der Waals surface area contributed by atoms with E-state index in [2.05, 4.69) is 5.32 Å². The van der Waals surface area contributed by atoms with E-state index in [9.17, 15) is 14.4 Å². The third kappa shape index (κ3) is 2.74. The van der Waals surface area contributed by atoms with Crippen molar-refractivity contribution in [2.75, 3.05) is 18.0 Å². The summed E-state index contributed by atoms with van der Waals surface area (Å²) in [6.07, 6.45) is 4.09. The first-order valence-corrected chi connectivity index (χ1v) is 10.2. The molecule has 6 heteroatoms. The highest BCUT2D eigenvalue weighted by Gasteiger charge is 2.54. The first-order chi connectivity index (χ1) is 14.1. The van der Waals surface area contributed by atoms with Crippen molar-refractivity contribution in [3.05, 3.63) is 65.2 Å². The summed E-state index contributed by atoms with van der Waals surface area (Å²) in [5.74, 6) is -0.532. The third-order valence-corrected chi connectivity index (χ3v) is 6.36. The average Bonchev–Trinajstić information content (AvgIpc) is 2.98. The zero-order valence-corrected chi connectivity index (χ0v) is 16.2. The molecule has 6 nitrogen and oxygen atoms in total. The summed E-state index contributed by atoms with van der Waals surface area (Å²) in [5.41, 5.74) is 2.93. The second-order valence-electron chi connectivity index (χ2n) is 8.02. The van der Waals surface area contributed by atoms with Crippen molar-refractivity contribution in [1.29, 1.82) is 0 Å². The Balaban J connectivity index is 1.42. The molecule has 0 bridgehead atoms. The number of nitrogens with one attached hydrogen (secondary N) is 1. The molecule has 2 aromatic carbocycles. The van der Waals surface area contributed by atoms with Crippen LogP contribution in [-0.2, 0) is 28.0 Å². The number of hydrogen-bond donors (Lipinski definition) is 1. The first kappa shape index (κ1) is 17.9. The van der Waals surface area contributed by atoms with Crippen LogP contribution in [0.2, 0.25) is 0 Å². The highest BCUT2D eigenvalue weighted by atomic mass is 16.2. The fourth-order valence-corrected chi connectivity index (χ4v) is 4.97. The molecular weight excluding hydrogens is 366 g/mol. The minimum Gasteiger partial charge on any atom is -0.319 e. The summed E-state index contributed by atoms with van der Waals surface area (Å²) >= 11 is 0. The van der Waals surface area contributed by atoms with Crippen LogP contribution in [0.4, 0.5) is 10.5 Å². The normalized spacial score (nSPS) is 23.0. The highest BCUT2D eigenvalue weighted by Crippen LogP contribution is 2.40. The number of amides is 4. The maximum atomic E-state index is 13.4. The number of aryl methyl sites for hydroxylation is 2. The molecule has 2 aromatic rings. The number of fused-ring (bicyclic) bond motifs is 3. The monoisotopic (exact) mass is 389 g/mol. The third-order valence-electron chi connectivity index (χ3n) is 6.36. The fraction of sp³-hybridized carbons (Fsp3) is 0.348. The number of carbonyl (C=O) groups excluding carboxylic acids is 3. The lowest BCUT2D eigenvalue weighted by Gasteiger charge is -2.33. The van der Waals surface area contributed by atoms with E-state index >= 15 is 0 Å². The van der Waals surface area contributed by atoms with Crippen molar-refractivity contribution in [2.45, 2.75) is 37.6 Å². The minimum absolute atomic E-state index is 0.221. The summed E-state index contributed by atoms with van der Waals surface area (Å²) in [5, 5.41) is 2.92. The van der Waals surface area contributed by atoms with Gasteiger partial charge in [-0.25, -0.2) is 4.79 Å². The number of nitrogens with zero attached hydrogens (tertiary/aromatic N) is 2. The Morgan fingerprint density at radius 3 is 2.55 bits per heavy atom. The Kier molecular flexibility index (Phi) is 4.15. The molecule has 4 amide bonds. The van der Waals surface area contributed by atoms with Crippen molar-refractivity contribution in [2.24, 2.45) is 0 Å². The van der Waals surface area contributed by atoms with Crippen LogP contribution in [-0.4, -0.2) is 35.8 Å². The molecule has 2 aliphatic heterocycles. The number of para-hydroxylation sites is 1. The zero-order chi connectivity index (χ0) is 20.0. The Morgan fingerprint density at radius 1 is 0.966 bits per heavy atom. The van der Waals surface area contributed by atoms with E-state index in [0.717, 1.165) is 53.0 Å². The lowest BCUT2D eigenvalue weighted by molar-refractivity contribution is -0.135. The molecule has 3 aliphatic rings. The molecule has 0 radical (unpaired) electrons. The van der Waals surface area contributed by atoms with Crippen LogP contribution in [0.5, 0.6) is 0 Å². The van der Waals surface area contributed by atoms with Gasteiger partial charge in [0.1, 0.15) is 12.1 Å². The van der Waals surface area contributed by atoms with Crippen LogP contribution in [0.3, 0.4) is 0 Å². The Hall–Kier alpha value is -3.15. The van der Waals surface area contributed by atoms with Crippen molar-refractivity contribution >= 4 is 23.5 Å². The quantitative estimate of drug-likeness (QED) is 0.803. The molecule has 5 rings (SSSR count). The van der Waals surface area contributed by atoms with Crippen molar-refractivity contribution in [3.63, 3.8) is 0 Å². The minimum atomic E-state index is -1.04. The van der Waals surface area contributed by atoms with Gasteiger partial charge in [-0.3, -0.25) is 14.5 Å². The average molecular weight is 389 g/mol. The van der Waals surface area contributed by atoms with E-state index in [-0.39, 0.29) is 18.4 Å². The van der Waals surface area contributed by atoms with E-state index in [4.69, 9.17) is 0 Å². The molecule has 29 heavy (non-hydrogen) atoms. The van der Waals surface area contributed by atoms with Crippen LogP contribution in [0, 0.1) is 0 Å². The van der Waals surface area contributed by atoms with Gasteiger partial charge in [0, 0.05) is 12.2 Å². The van der Waals surface area contributed by atoms with Gasteiger partial charge < -0.3 is 10.2 Å². The first-order valence-electron chi connectivity index (χ1n) is 10.2. The molecule has 0 unspecified atom stereocenters. The molecule has 2 heterocycles. The predicted molar refractivity (Wildman–Crippen MR) is 108 cm³/mol. The summed E-state index contributed by atoms with van der Waals surface area (Å²) in [6, 6.07) is 15.1. The number of rotatable bonds is 2. The van der Waals surface area contributed by atoms with Gasteiger partial charge in [-0.15, -0.1) is 0 Å². The maximum absolute atomic E-state index is 13.4. The van der Waals surface area contributed by atoms with Crippen LogP contribution in [0.25, 0.3) is 0 Å². The molecule has 1 aliphatic carbocycles. The molecule has 1 saturated heterocycles. The Bertz CT molecular complexity index is 1020. The number of benzene rings is 2. The van der Waals surface area contributed by atoms with E-state index in [0.29, 0.717) is 13.0 Å². The summed E-state index contributed by atoms with van der Waals surface area (Å²) in [6.45, 7) is 0.371. The molecule has 1 fully saturated rings. The van der Waals surface area contributed by atoms with E-state index in [1.54, 1.807) is 4.90 Å². The fourth-order valence-electron chi connectivity index (χ4n) is 4.97. The van der Waals surface area contributed by atoms with Crippen molar-refractivity contribution < 1.29 is 14.4 Å². The SMILES string of the molecule is O=C1N[C@]2(CCCc3ccccc32)C(=O)N1CC(=O)N1CCCc2ccccc21. The summed E-state index contributed by atoms with van der Waals surface area (Å²) in [7, 11) is 0. The van der Waals surface area contributed by atoms with E-state index in [1.165, 1.54) is 0 Å². The van der Waals surface area contributed by atoms with Crippen molar-refractivity contribution in [1.82, 2.24) is 10.2 Å². The maximum Gasteiger partial charge on any atom is 0.325 e. The second kappa shape index (κ2) is 6.72. The van der Waals surface area contributed by atoms with Gasteiger partial charge in [-0.1, -0.05) is 42.5 Å². The molecule has 0 aromatic heterocycles. The largest absolute Gasteiger partial charge is 0.325 e. The number of imide groups is 1. The number of anilines is 1. The smallest absolute Gasteiger partial charge is 0.319 e. The number of carbonyl (C=O) groups is 3. The molecule has 1 spiro atoms. The van der Waals surface area contributed by atoms with Gasteiger partial charge in [0.15, 0.2) is 0 Å². The van der Waals surface area contributed by atoms with E-state index in [1.807, 2.05) is 48.5 Å². The predicted octanol–water partition coefficient (Wildman–Crippen LogP) is 2.75. The molecule has 0 saturated carbocycles. The van der Waals surface area contributed by atoms with Gasteiger partial charge in [-0.2, -0.15) is 0 Å². The van der Waals surface area contributed by atoms with Gasteiger partial charge >= 0.3 is 6.03 Å². The van der Waals surface area contributed by atoms with E-state index < -0.39 is 11.6 Å². The van der Waals surface area contributed by atoms with Crippen LogP contribution in [0.1, 0.15) is 36.0 Å². The zero-order valence-electron chi connectivity index (χ0n) is 16.2. The molecule has 148 valence electrons. The summed E-state index contributed by atoms with van der Waals surface area (Å²) in [4.78, 5) is 42.0. The van der Waals surface area contributed by atoms with Crippen LogP contribution < -0.4 is 10.2 Å². The lowest BCUT2D eigenvalue weighted by atomic mass is 9.76. The number of hydrogen-bond acceptors (Lipinski definition) is 3. The number of urea groups is 1. The van der Waals surface area contributed by atoms with Gasteiger partial charge in [0.25, 0.3) is 5.91 Å². The van der Waals surface area contributed by atoms with Gasteiger partial charge in [0.05, 0.1) is 0 Å². The van der Waals surface area contributed by atoms with Crippen LogP contribution in [0.15, 0.2) is 48.5 Å². The molecule has 1 atom stereocenters. The van der Waals surface area contributed by atoms with Crippen molar-refractivity contribution in [3.8, 4) is 0 Å².